The molecule has 16 heavy (non-hydrogen) atoms. The van der Waals surface area contributed by atoms with E-state index in [-0.39, 0.29) is 11.3 Å². The first-order chi connectivity index (χ1) is 7.60. The van der Waals surface area contributed by atoms with Crippen LogP contribution in [-0.4, -0.2) is 23.3 Å². The lowest BCUT2D eigenvalue weighted by molar-refractivity contribution is -0.385. The van der Waals surface area contributed by atoms with E-state index < -0.39 is 10.9 Å². The Morgan fingerprint density at radius 3 is 2.75 bits per heavy atom. The second-order valence-electron chi connectivity index (χ2n) is 3.04. The number of aryl methyl sites for hydroxylation is 1. The smallest absolute Gasteiger partial charge is 0.344 e. The van der Waals surface area contributed by atoms with Crippen LogP contribution in [0.5, 0.6) is 0 Å². The first-order valence-corrected chi connectivity index (χ1v) is 5.64. The molecule has 1 aromatic carbocycles. The summed E-state index contributed by atoms with van der Waals surface area (Å²) in [4.78, 5) is 21.5. The van der Waals surface area contributed by atoms with Gasteiger partial charge in [-0.3, -0.25) is 10.1 Å². The zero-order valence-corrected chi connectivity index (χ0v) is 10.2. The van der Waals surface area contributed by atoms with Crippen LogP contribution in [0.4, 0.5) is 5.69 Å². The monoisotopic (exact) mass is 287 g/mol. The molecule has 86 valence electrons. The quantitative estimate of drug-likeness (QED) is 0.369. The molecule has 0 bridgehead atoms. The van der Waals surface area contributed by atoms with Gasteiger partial charge in [-0.2, -0.15) is 0 Å². The van der Waals surface area contributed by atoms with Crippen molar-refractivity contribution in [3.8, 4) is 0 Å². The zero-order valence-electron chi connectivity index (χ0n) is 8.60. The van der Waals surface area contributed by atoms with E-state index >= 15 is 0 Å². The summed E-state index contributed by atoms with van der Waals surface area (Å²) in [6, 6.07) is 4.50. The van der Waals surface area contributed by atoms with Crippen LogP contribution in [0.3, 0.4) is 0 Å². The molecule has 5 nitrogen and oxygen atoms in total. The highest BCUT2D eigenvalue weighted by Crippen LogP contribution is 2.21. The highest BCUT2D eigenvalue weighted by molar-refractivity contribution is 9.09. The fraction of sp³-hybridized carbons (Fsp3) is 0.300. The van der Waals surface area contributed by atoms with Gasteiger partial charge in [0.25, 0.3) is 5.69 Å². The van der Waals surface area contributed by atoms with Gasteiger partial charge in [0.2, 0.25) is 0 Å². The lowest BCUT2D eigenvalue weighted by Gasteiger charge is -2.03. The van der Waals surface area contributed by atoms with Crippen molar-refractivity contribution in [1.82, 2.24) is 0 Å². The minimum absolute atomic E-state index is 0.0224. The van der Waals surface area contributed by atoms with Crippen LogP contribution >= 0.6 is 15.9 Å². The topological polar surface area (TPSA) is 69.4 Å². The predicted octanol–water partition coefficient (Wildman–Crippen LogP) is 2.32. The SMILES string of the molecule is COC(=O)c1ccc(CCBr)cc1[N+](=O)[O-]. The molecule has 0 unspecified atom stereocenters. The van der Waals surface area contributed by atoms with Crippen LogP contribution in [0.15, 0.2) is 18.2 Å². The molecular formula is C10H10BrNO4. The Balaban J connectivity index is 3.19. The number of benzene rings is 1. The fourth-order valence-corrected chi connectivity index (χ4v) is 1.73. The maximum atomic E-state index is 11.3. The first-order valence-electron chi connectivity index (χ1n) is 4.51. The van der Waals surface area contributed by atoms with Crippen LogP contribution in [0, 0.1) is 10.1 Å². The van der Waals surface area contributed by atoms with Crippen molar-refractivity contribution in [3.05, 3.63) is 39.4 Å². The predicted molar refractivity (Wildman–Crippen MR) is 61.9 cm³/mol. The van der Waals surface area contributed by atoms with Crippen LogP contribution < -0.4 is 0 Å². The van der Waals surface area contributed by atoms with Crippen molar-refractivity contribution in [3.63, 3.8) is 0 Å². The molecular weight excluding hydrogens is 278 g/mol. The van der Waals surface area contributed by atoms with E-state index in [2.05, 4.69) is 20.7 Å². The Hall–Kier alpha value is -1.43. The summed E-state index contributed by atoms with van der Waals surface area (Å²) in [5.74, 6) is -0.697. The van der Waals surface area contributed by atoms with Crippen molar-refractivity contribution in [2.45, 2.75) is 6.42 Å². The number of carbonyl (C=O) groups is 1. The van der Waals surface area contributed by atoms with Gasteiger partial charge in [0.15, 0.2) is 0 Å². The maximum absolute atomic E-state index is 11.3. The Bertz CT molecular complexity index is 419. The molecule has 0 fully saturated rings. The minimum atomic E-state index is -0.697. The number of methoxy groups -OCH3 is 1. The van der Waals surface area contributed by atoms with E-state index in [1.807, 2.05) is 0 Å². The molecule has 0 aliphatic carbocycles. The van der Waals surface area contributed by atoms with E-state index in [4.69, 9.17) is 0 Å². The Morgan fingerprint density at radius 1 is 1.56 bits per heavy atom. The molecule has 0 atom stereocenters. The number of esters is 1. The van der Waals surface area contributed by atoms with Crippen LogP contribution in [0.1, 0.15) is 15.9 Å². The molecule has 0 N–H and O–H groups in total. The summed E-state index contributed by atoms with van der Waals surface area (Å²) in [5, 5.41) is 11.5. The van der Waals surface area contributed by atoms with Crippen LogP contribution in [0.25, 0.3) is 0 Å². The second kappa shape index (κ2) is 5.60. The average Bonchev–Trinajstić information content (AvgIpc) is 2.28. The van der Waals surface area contributed by atoms with Gasteiger partial charge in [-0.15, -0.1) is 0 Å². The van der Waals surface area contributed by atoms with E-state index in [1.165, 1.54) is 19.2 Å². The number of hydrogen-bond acceptors (Lipinski definition) is 4. The summed E-state index contributed by atoms with van der Waals surface area (Å²) < 4.78 is 4.47. The van der Waals surface area contributed by atoms with Crippen LogP contribution in [0.2, 0.25) is 0 Å². The number of nitrogens with zero attached hydrogens (tertiary/aromatic N) is 1. The molecule has 0 saturated carbocycles. The number of nitro benzene ring substituents is 1. The third kappa shape index (κ3) is 2.79. The summed E-state index contributed by atoms with van der Waals surface area (Å²) in [6.07, 6.45) is 0.669. The van der Waals surface area contributed by atoms with Crippen molar-refractivity contribution in [1.29, 1.82) is 0 Å². The maximum Gasteiger partial charge on any atom is 0.344 e. The highest BCUT2D eigenvalue weighted by atomic mass is 79.9. The van der Waals surface area contributed by atoms with Gasteiger partial charge >= 0.3 is 5.97 Å². The third-order valence-corrected chi connectivity index (χ3v) is 2.44. The van der Waals surface area contributed by atoms with Crippen molar-refractivity contribution >= 4 is 27.6 Å². The number of halogens is 1. The van der Waals surface area contributed by atoms with Crippen molar-refractivity contribution in [2.24, 2.45) is 0 Å². The molecule has 0 saturated heterocycles. The third-order valence-electron chi connectivity index (χ3n) is 2.05. The number of ether oxygens (including phenoxy) is 1. The lowest BCUT2D eigenvalue weighted by atomic mass is 10.1. The van der Waals surface area contributed by atoms with Gasteiger partial charge in [0, 0.05) is 11.4 Å². The fourth-order valence-electron chi connectivity index (χ4n) is 1.28. The van der Waals surface area contributed by atoms with Crippen molar-refractivity contribution in [2.75, 3.05) is 12.4 Å². The molecule has 0 heterocycles. The Kier molecular flexibility index (Phi) is 4.42. The molecule has 1 rings (SSSR count). The average molecular weight is 288 g/mol. The molecule has 0 aliphatic heterocycles. The van der Waals surface area contributed by atoms with Crippen molar-refractivity contribution < 1.29 is 14.5 Å². The van der Waals surface area contributed by atoms with E-state index in [9.17, 15) is 14.9 Å². The van der Waals surface area contributed by atoms with Gasteiger partial charge < -0.3 is 4.74 Å². The van der Waals surface area contributed by atoms with E-state index in [0.29, 0.717) is 11.8 Å². The van der Waals surface area contributed by atoms with Crippen LogP contribution in [-0.2, 0) is 11.2 Å². The lowest BCUT2D eigenvalue weighted by Crippen LogP contribution is -2.06. The molecule has 1 aromatic rings. The largest absolute Gasteiger partial charge is 0.465 e. The summed E-state index contributed by atoms with van der Waals surface area (Å²) >= 11 is 3.25. The number of hydrogen-bond donors (Lipinski definition) is 0. The molecule has 0 spiro atoms. The standard InChI is InChI=1S/C10H10BrNO4/c1-16-10(13)8-3-2-7(4-5-11)6-9(8)12(14)15/h2-3,6H,4-5H2,1H3. The van der Waals surface area contributed by atoms with Gasteiger partial charge in [-0.05, 0) is 18.1 Å². The molecule has 0 aromatic heterocycles. The summed E-state index contributed by atoms with van der Waals surface area (Å²) in [5.41, 5.74) is 0.562. The Labute approximate surface area is 101 Å². The Morgan fingerprint density at radius 2 is 2.25 bits per heavy atom. The molecule has 6 heteroatoms. The van der Waals surface area contributed by atoms with Gasteiger partial charge in [-0.1, -0.05) is 22.0 Å². The first kappa shape index (κ1) is 12.6. The highest BCUT2D eigenvalue weighted by Gasteiger charge is 2.20. The normalized spacial score (nSPS) is 9.88. The number of carbonyl (C=O) groups excluding carboxylic acids is 1. The number of rotatable bonds is 4. The van der Waals surface area contributed by atoms with E-state index in [0.717, 1.165) is 5.56 Å². The number of nitro groups is 1. The molecule has 0 amide bonds. The van der Waals surface area contributed by atoms with Gasteiger partial charge in [0.05, 0.1) is 12.0 Å². The van der Waals surface area contributed by atoms with Gasteiger partial charge in [-0.25, -0.2) is 4.79 Å². The molecule has 0 radical (unpaired) electrons. The second-order valence-corrected chi connectivity index (χ2v) is 3.83. The minimum Gasteiger partial charge on any atom is -0.465 e. The van der Waals surface area contributed by atoms with E-state index in [1.54, 1.807) is 6.07 Å². The summed E-state index contributed by atoms with van der Waals surface area (Å²) in [7, 11) is 1.19. The summed E-state index contributed by atoms with van der Waals surface area (Å²) in [6.45, 7) is 0. The zero-order chi connectivity index (χ0) is 12.1. The molecule has 0 aliphatic rings. The van der Waals surface area contributed by atoms with Gasteiger partial charge in [0.1, 0.15) is 5.56 Å². The number of alkyl halides is 1.